The van der Waals surface area contributed by atoms with Crippen molar-refractivity contribution in [2.24, 2.45) is 0 Å². The van der Waals surface area contributed by atoms with Gasteiger partial charge in [0.25, 0.3) is 0 Å². The zero-order valence-corrected chi connectivity index (χ0v) is 10.6. The lowest BCUT2D eigenvalue weighted by Crippen LogP contribution is -2.23. The highest BCUT2D eigenvalue weighted by atomic mass is 32.2. The number of aromatic nitrogens is 3. The van der Waals surface area contributed by atoms with Crippen molar-refractivity contribution in [2.75, 3.05) is 11.2 Å². The summed E-state index contributed by atoms with van der Waals surface area (Å²) in [6.45, 7) is 1.79. The second-order valence-electron chi connectivity index (χ2n) is 3.64. The normalized spacial score (nSPS) is 12.1. The van der Waals surface area contributed by atoms with E-state index in [1.54, 1.807) is 6.92 Å². The van der Waals surface area contributed by atoms with Gasteiger partial charge in [0.2, 0.25) is 11.1 Å². The number of hydrogen-bond acceptors (Lipinski definition) is 5. The lowest BCUT2D eigenvalue weighted by molar-refractivity contribution is -0.115. The van der Waals surface area contributed by atoms with Gasteiger partial charge in [0.15, 0.2) is 0 Å². The lowest BCUT2D eigenvalue weighted by Gasteiger charge is -2.10. The van der Waals surface area contributed by atoms with E-state index in [1.165, 1.54) is 22.8 Å². The first kappa shape index (κ1) is 12.4. The summed E-state index contributed by atoms with van der Waals surface area (Å²) < 4.78 is 1.29. The number of amides is 1. The SMILES string of the molecule is CC(Sc1nncn1N)C(=O)Nc1ccccc1. The van der Waals surface area contributed by atoms with Gasteiger partial charge < -0.3 is 11.2 Å². The zero-order chi connectivity index (χ0) is 13.0. The molecule has 2 rings (SSSR count). The van der Waals surface area contributed by atoms with Crippen molar-refractivity contribution >= 4 is 23.4 Å². The second-order valence-corrected chi connectivity index (χ2v) is 4.94. The van der Waals surface area contributed by atoms with Gasteiger partial charge in [-0.1, -0.05) is 30.0 Å². The minimum absolute atomic E-state index is 0.103. The van der Waals surface area contributed by atoms with Crippen LogP contribution in [-0.2, 0) is 4.79 Å². The van der Waals surface area contributed by atoms with E-state index in [2.05, 4.69) is 15.5 Å². The predicted octanol–water partition coefficient (Wildman–Crippen LogP) is 1.11. The lowest BCUT2D eigenvalue weighted by atomic mass is 10.3. The Morgan fingerprint density at radius 1 is 1.44 bits per heavy atom. The Balaban J connectivity index is 1.95. The van der Waals surface area contributed by atoms with Gasteiger partial charge in [-0.05, 0) is 19.1 Å². The van der Waals surface area contributed by atoms with E-state index >= 15 is 0 Å². The molecule has 18 heavy (non-hydrogen) atoms. The van der Waals surface area contributed by atoms with Crippen LogP contribution in [0.25, 0.3) is 0 Å². The molecule has 6 nitrogen and oxygen atoms in total. The summed E-state index contributed by atoms with van der Waals surface area (Å²) in [6, 6.07) is 9.29. The summed E-state index contributed by atoms with van der Waals surface area (Å²) in [5.74, 6) is 5.48. The number of nitrogen functional groups attached to an aromatic ring is 1. The molecule has 0 bridgehead atoms. The number of para-hydroxylation sites is 1. The van der Waals surface area contributed by atoms with Crippen molar-refractivity contribution in [3.05, 3.63) is 36.7 Å². The van der Waals surface area contributed by atoms with E-state index in [0.29, 0.717) is 5.16 Å². The Kier molecular flexibility index (Phi) is 3.83. The molecular formula is C11H13N5OS. The van der Waals surface area contributed by atoms with Crippen LogP contribution in [0.15, 0.2) is 41.8 Å². The Labute approximate surface area is 109 Å². The predicted molar refractivity (Wildman–Crippen MR) is 70.6 cm³/mol. The molecule has 1 unspecified atom stereocenters. The fraction of sp³-hybridized carbons (Fsp3) is 0.182. The third-order valence-corrected chi connectivity index (χ3v) is 3.30. The van der Waals surface area contributed by atoms with Crippen molar-refractivity contribution in [3.63, 3.8) is 0 Å². The molecule has 0 aliphatic heterocycles. The molecule has 0 radical (unpaired) electrons. The monoisotopic (exact) mass is 263 g/mol. The van der Waals surface area contributed by atoms with Crippen LogP contribution in [0.2, 0.25) is 0 Å². The number of nitrogens with one attached hydrogen (secondary N) is 1. The molecule has 0 fully saturated rings. The molecule has 3 N–H and O–H groups in total. The highest BCUT2D eigenvalue weighted by Gasteiger charge is 2.17. The van der Waals surface area contributed by atoms with Crippen molar-refractivity contribution < 1.29 is 4.79 Å². The maximum atomic E-state index is 11.9. The highest BCUT2D eigenvalue weighted by molar-refractivity contribution is 8.00. The molecule has 1 amide bonds. The first-order valence-electron chi connectivity index (χ1n) is 5.34. The Bertz CT molecular complexity index is 527. The molecule has 7 heteroatoms. The number of hydrogen-bond donors (Lipinski definition) is 2. The number of thioether (sulfide) groups is 1. The fourth-order valence-corrected chi connectivity index (χ4v) is 2.04. The van der Waals surface area contributed by atoms with Gasteiger partial charge in [-0.15, -0.1) is 10.2 Å². The van der Waals surface area contributed by atoms with Crippen LogP contribution in [0.5, 0.6) is 0 Å². The molecule has 94 valence electrons. The summed E-state index contributed by atoms with van der Waals surface area (Å²) in [7, 11) is 0. The molecule has 1 heterocycles. The van der Waals surface area contributed by atoms with Crippen molar-refractivity contribution in [1.29, 1.82) is 0 Å². The average molecular weight is 263 g/mol. The van der Waals surface area contributed by atoms with Crippen LogP contribution in [-0.4, -0.2) is 26.0 Å². The van der Waals surface area contributed by atoms with Gasteiger partial charge in [-0.3, -0.25) is 4.79 Å². The average Bonchev–Trinajstić information content (AvgIpc) is 2.76. The number of nitrogens with two attached hydrogens (primary N) is 1. The molecule has 0 aliphatic carbocycles. The number of rotatable bonds is 4. The standard InChI is InChI=1S/C11H13N5OS/c1-8(18-11-15-13-7-16(11)12)10(17)14-9-5-3-2-4-6-9/h2-8H,12H2,1H3,(H,14,17). The maximum Gasteiger partial charge on any atom is 0.237 e. The zero-order valence-electron chi connectivity index (χ0n) is 9.78. The Hall–Kier alpha value is -2.02. The van der Waals surface area contributed by atoms with E-state index in [4.69, 9.17) is 5.84 Å². The van der Waals surface area contributed by atoms with Gasteiger partial charge in [-0.2, -0.15) is 0 Å². The van der Waals surface area contributed by atoms with Gasteiger partial charge >= 0.3 is 0 Å². The summed E-state index contributed by atoms with van der Waals surface area (Å²) in [6.07, 6.45) is 1.39. The molecule has 1 aromatic heterocycles. The van der Waals surface area contributed by atoms with Crippen molar-refractivity contribution in [2.45, 2.75) is 17.3 Å². The van der Waals surface area contributed by atoms with E-state index in [9.17, 15) is 4.79 Å². The number of nitrogens with zero attached hydrogens (tertiary/aromatic N) is 3. The molecule has 0 aliphatic rings. The maximum absolute atomic E-state index is 11.9. The topological polar surface area (TPSA) is 85.8 Å². The minimum atomic E-state index is -0.309. The van der Waals surface area contributed by atoms with Crippen LogP contribution in [0.1, 0.15) is 6.92 Å². The van der Waals surface area contributed by atoms with Crippen molar-refractivity contribution in [1.82, 2.24) is 14.9 Å². The summed E-state index contributed by atoms with van der Waals surface area (Å²) in [5, 5.41) is 10.5. The van der Waals surface area contributed by atoms with Gasteiger partial charge in [0.1, 0.15) is 6.33 Å². The van der Waals surface area contributed by atoms with E-state index < -0.39 is 0 Å². The summed E-state index contributed by atoms with van der Waals surface area (Å²) >= 11 is 1.26. The van der Waals surface area contributed by atoms with Crippen LogP contribution in [0.4, 0.5) is 5.69 Å². The first-order chi connectivity index (χ1) is 8.66. The Morgan fingerprint density at radius 3 is 2.78 bits per heavy atom. The number of carbonyl (C=O) groups is 1. The quantitative estimate of drug-likeness (QED) is 0.637. The number of anilines is 1. The van der Waals surface area contributed by atoms with Crippen LogP contribution >= 0.6 is 11.8 Å². The molecule has 0 saturated heterocycles. The fourth-order valence-electron chi connectivity index (χ4n) is 1.29. The highest BCUT2D eigenvalue weighted by Crippen LogP contribution is 2.20. The van der Waals surface area contributed by atoms with Crippen LogP contribution in [0, 0.1) is 0 Å². The molecule has 1 aromatic carbocycles. The molecular weight excluding hydrogens is 250 g/mol. The minimum Gasteiger partial charge on any atom is -0.336 e. The second kappa shape index (κ2) is 5.54. The van der Waals surface area contributed by atoms with E-state index in [1.807, 2.05) is 30.3 Å². The van der Waals surface area contributed by atoms with Crippen LogP contribution in [0.3, 0.4) is 0 Å². The number of benzene rings is 1. The summed E-state index contributed by atoms with van der Waals surface area (Å²) in [5.41, 5.74) is 0.768. The third kappa shape index (κ3) is 3.01. The molecule has 2 aromatic rings. The third-order valence-electron chi connectivity index (χ3n) is 2.23. The van der Waals surface area contributed by atoms with Crippen molar-refractivity contribution in [3.8, 4) is 0 Å². The van der Waals surface area contributed by atoms with Gasteiger partial charge in [0.05, 0.1) is 5.25 Å². The largest absolute Gasteiger partial charge is 0.336 e. The molecule has 0 spiro atoms. The smallest absolute Gasteiger partial charge is 0.237 e. The number of carbonyl (C=O) groups excluding carboxylic acids is 1. The first-order valence-corrected chi connectivity index (χ1v) is 6.22. The van der Waals surface area contributed by atoms with Gasteiger partial charge in [-0.25, -0.2) is 4.68 Å². The molecule has 0 saturated carbocycles. The van der Waals surface area contributed by atoms with Gasteiger partial charge in [0, 0.05) is 5.69 Å². The summed E-state index contributed by atoms with van der Waals surface area (Å²) in [4.78, 5) is 11.9. The van der Waals surface area contributed by atoms with Crippen LogP contribution < -0.4 is 11.2 Å². The molecule has 1 atom stereocenters. The Morgan fingerprint density at radius 2 is 2.17 bits per heavy atom. The van der Waals surface area contributed by atoms with E-state index in [0.717, 1.165) is 5.69 Å². The van der Waals surface area contributed by atoms with E-state index in [-0.39, 0.29) is 11.2 Å².